The Kier molecular flexibility index (Phi) is 38.7. The monoisotopic (exact) mass is 1660 g/mol. The minimum absolute atomic E-state index is 0.0211. The first-order valence-corrected chi connectivity index (χ1v) is 40.1. The minimum Gasteiger partial charge on any atom is -0.496 e. The van der Waals surface area contributed by atoms with Crippen molar-refractivity contribution in [3.63, 3.8) is 0 Å². The summed E-state index contributed by atoms with van der Waals surface area (Å²) in [5, 5.41) is 19.5. The van der Waals surface area contributed by atoms with Gasteiger partial charge in [-0.1, -0.05) is 146 Å². The van der Waals surface area contributed by atoms with Gasteiger partial charge < -0.3 is 86.6 Å². The number of hydrogen-bond donors (Lipinski definition) is 9. The van der Waals surface area contributed by atoms with Gasteiger partial charge >= 0.3 is 24.4 Å². The van der Waals surface area contributed by atoms with Gasteiger partial charge in [-0.05, 0) is 170 Å². The van der Waals surface area contributed by atoms with Crippen molar-refractivity contribution in [3.05, 3.63) is 261 Å². The molecule has 0 aliphatic carbocycles. The SMILES string of the molecule is COc1ccc(CC(=O)[C@H](CCCCNC(=O)OCc2ccccc2)NC(=O)c2cc(CC(=O)[C@H](CCCCNC(=O)OCc3ccccc3)NC(=O)c3cc(CC(=O)[C@H](CCCCNC(=O)OCc4ccccc4)NC(=O)c4cc(CC(=O)[C@@H](N)CCCCNC(=O)OCc5ccccc5)ccc4OC)ccc3OC)ccc2OC)cc1C(N)=O. The fourth-order valence-corrected chi connectivity index (χ4v) is 13.1. The summed E-state index contributed by atoms with van der Waals surface area (Å²) in [6.07, 6.45) is 0.000195. The molecule has 29 heteroatoms. The molecule has 0 radical (unpaired) electrons. The zero-order valence-corrected chi connectivity index (χ0v) is 68.6. The summed E-state index contributed by atoms with van der Waals surface area (Å²) in [5.41, 5.74) is 16.7. The second kappa shape index (κ2) is 50.4. The number of Topliss-reactive ketones (excluding diaryl/α,β-unsaturated/α-hetero) is 4. The lowest BCUT2D eigenvalue weighted by Crippen LogP contribution is -2.42. The van der Waals surface area contributed by atoms with Crippen LogP contribution in [0.3, 0.4) is 0 Å². The highest BCUT2D eigenvalue weighted by atomic mass is 16.6. The lowest BCUT2D eigenvalue weighted by Gasteiger charge is -2.21. The van der Waals surface area contributed by atoms with Crippen LogP contribution in [0.4, 0.5) is 19.2 Å². The van der Waals surface area contributed by atoms with Crippen LogP contribution in [0.25, 0.3) is 0 Å². The van der Waals surface area contributed by atoms with Crippen molar-refractivity contribution in [3.8, 4) is 23.0 Å². The second-order valence-electron chi connectivity index (χ2n) is 28.7. The van der Waals surface area contributed by atoms with E-state index in [9.17, 15) is 57.5 Å². The maximum atomic E-state index is 15.0. The Morgan fingerprint density at radius 2 is 0.529 bits per heavy atom. The zero-order chi connectivity index (χ0) is 86.7. The van der Waals surface area contributed by atoms with Gasteiger partial charge in [0.15, 0.2) is 23.1 Å². The Bertz CT molecular complexity index is 4770. The summed E-state index contributed by atoms with van der Waals surface area (Å²) in [6, 6.07) is 50.5. The van der Waals surface area contributed by atoms with E-state index in [4.69, 9.17) is 49.4 Å². The quantitative estimate of drug-likeness (QED) is 0.0126. The van der Waals surface area contributed by atoms with Gasteiger partial charge in [0.05, 0.1) is 74.9 Å². The number of ketones is 4. The van der Waals surface area contributed by atoms with E-state index in [1.165, 1.54) is 77.0 Å². The Morgan fingerprint density at radius 3 is 0.785 bits per heavy atom. The molecule has 8 aromatic carbocycles. The number of nitrogens with one attached hydrogen (secondary N) is 7. The molecule has 640 valence electrons. The standard InChI is InChI=1S/C92H107N9O20/c1-114-81-41-37-65(49-69(81)85(94)106)54-78(103)74(34-18-22-46-96-90(111)119-58-62-27-11-6-12-28-62)99-87(108)71-51-67(39-43-83(71)116-3)56-80(105)76(36-20-24-48-98-92(113)121-60-64-31-15-8-16-32-64)101-88(109)72-52-68(40-44-84(72)117-4)55-79(104)75(35-19-23-47-97-91(112)120-59-63-29-13-7-14-30-63)100-86(107)70-50-66(38-42-82(70)115-2)53-77(102)73(93)33-17-21-45-95-89(110)118-57-61-25-9-5-10-26-61/h5-16,25-32,37-44,49-52,73-76H,17-24,33-36,45-48,53-60,93H2,1-4H3,(H2,94,106)(H,95,110)(H,96,111)(H,97,112)(H,98,113)(H,99,108)(H,100,107)(H,101,109)/t73-,74-,75-,76-/m0/s1. The van der Waals surface area contributed by atoms with Gasteiger partial charge in [-0.15, -0.1) is 0 Å². The third kappa shape index (κ3) is 32.1. The molecule has 0 saturated carbocycles. The van der Waals surface area contributed by atoms with Gasteiger partial charge in [0.2, 0.25) is 0 Å². The van der Waals surface area contributed by atoms with E-state index in [2.05, 4.69) is 37.2 Å². The number of carbonyl (C=O) groups is 12. The maximum Gasteiger partial charge on any atom is 0.407 e. The molecule has 121 heavy (non-hydrogen) atoms. The lowest BCUT2D eigenvalue weighted by atomic mass is 9.95. The van der Waals surface area contributed by atoms with Gasteiger partial charge in [-0.25, -0.2) is 19.2 Å². The molecule has 29 nitrogen and oxygen atoms in total. The number of amides is 8. The first kappa shape index (κ1) is 93.1. The Labute approximate surface area is 703 Å². The molecular formula is C92H107N9O20. The van der Waals surface area contributed by atoms with E-state index >= 15 is 0 Å². The van der Waals surface area contributed by atoms with E-state index in [0.29, 0.717) is 80.2 Å². The third-order valence-electron chi connectivity index (χ3n) is 19.7. The maximum absolute atomic E-state index is 15.0. The van der Waals surface area contributed by atoms with Crippen molar-refractivity contribution in [2.45, 2.75) is 153 Å². The van der Waals surface area contributed by atoms with E-state index in [-0.39, 0.29) is 148 Å². The normalized spacial score (nSPS) is 11.8. The molecule has 0 spiro atoms. The van der Waals surface area contributed by atoms with Crippen LogP contribution >= 0.6 is 0 Å². The van der Waals surface area contributed by atoms with E-state index in [1.54, 1.807) is 24.3 Å². The number of unbranched alkanes of at least 4 members (excludes halogenated alkanes) is 4. The number of benzene rings is 8. The predicted octanol–water partition coefficient (Wildman–Crippen LogP) is 11.4. The summed E-state index contributed by atoms with van der Waals surface area (Å²) in [4.78, 5) is 165. The molecule has 8 aromatic rings. The molecule has 0 aromatic heterocycles. The summed E-state index contributed by atoms with van der Waals surface area (Å²) in [5.74, 6) is -4.19. The molecule has 0 unspecified atom stereocenters. The van der Waals surface area contributed by atoms with Crippen LogP contribution in [-0.4, -0.2) is 150 Å². The van der Waals surface area contributed by atoms with E-state index in [0.717, 1.165) is 22.3 Å². The average Bonchev–Trinajstić information content (AvgIpc) is 0.829. The summed E-state index contributed by atoms with van der Waals surface area (Å²) >= 11 is 0. The number of rotatable bonds is 51. The largest absolute Gasteiger partial charge is 0.496 e. The van der Waals surface area contributed by atoms with Crippen molar-refractivity contribution < 1.29 is 95.4 Å². The van der Waals surface area contributed by atoms with Crippen LogP contribution in [-0.2, 0) is 90.2 Å². The van der Waals surface area contributed by atoms with Crippen LogP contribution in [0, 0.1) is 0 Å². The fourth-order valence-electron chi connectivity index (χ4n) is 13.1. The molecule has 0 bridgehead atoms. The van der Waals surface area contributed by atoms with Crippen LogP contribution in [0.2, 0.25) is 0 Å². The van der Waals surface area contributed by atoms with Gasteiger partial charge in [-0.3, -0.25) is 38.4 Å². The van der Waals surface area contributed by atoms with Crippen molar-refractivity contribution in [2.75, 3.05) is 54.6 Å². The van der Waals surface area contributed by atoms with Crippen molar-refractivity contribution in [1.29, 1.82) is 0 Å². The molecule has 0 heterocycles. The zero-order valence-electron chi connectivity index (χ0n) is 68.6. The van der Waals surface area contributed by atoms with Crippen molar-refractivity contribution in [1.82, 2.24) is 37.2 Å². The topological polar surface area (TPSA) is 415 Å². The second-order valence-corrected chi connectivity index (χ2v) is 28.7. The Hall–Kier alpha value is -13.4. The van der Waals surface area contributed by atoms with Crippen molar-refractivity contribution in [2.24, 2.45) is 11.5 Å². The van der Waals surface area contributed by atoms with Gasteiger partial charge in [0.25, 0.3) is 23.6 Å². The minimum atomic E-state index is -1.23. The highest BCUT2D eigenvalue weighted by molar-refractivity contribution is 6.04. The molecular weight excluding hydrogens is 1550 g/mol. The van der Waals surface area contributed by atoms with Gasteiger partial charge in [0.1, 0.15) is 49.4 Å². The predicted molar refractivity (Wildman–Crippen MR) is 451 cm³/mol. The molecule has 0 aliphatic rings. The summed E-state index contributed by atoms with van der Waals surface area (Å²) < 4.78 is 43.7. The number of nitrogens with two attached hydrogens (primary N) is 2. The molecule has 0 saturated heterocycles. The van der Waals surface area contributed by atoms with Crippen LogP contribution in [0.1, 0.15) is 163 Å². The fraction of sp³-hybridized carbons (Fsp3) is 0.348. The number of carbonyl (C=O) groups excluding carboxylic acids is 12. The van der Waals surface area contributed by atoms with Gasteiger partial charge in [0, 0.05) is 51.9 Å². The number of hydrogen-bond acceptors (Lipinski definition) is 21. The molecule has 11 N–H and O–H groups in total. The molecule has 0 fully saturated rings. The first-order valence-electron chi connectivity index (χ1n) is 40.1. The molecule has 8 rings (SSSR count). The van der Waals surface area contributed by atoms with Crippen molar-refractivity contribution >= 4 is 71.1 Å². The van der Waals surface area contributed by atoms with Crippen LogP contribution in [0.5, 0.6) is 23.0 Å². The first-order chi connectivity index (χ1) is 58.6. The number of alkyl carbamates (subject to hydrolysis) is 4. The number of primary amides is 1. The van der Waals surface area contributed by atoms with Gasteiger partial charge in [-0.2, -0.15) is 0 Å². The highest BCUT2D eigenvalue weighted by Gasteiger charge is 2.30. The average molecular weight is 1660 g/mol. The highest BCUT2D eigenvalue weighted by Crippen LogP contribution is 2.28. The van der Waals surface area contributed by atoms with E-state index < -0.39 is 89.5 Å². The summed E-state index contributed by atoms with van der Waals surface area (Å²) in [6.45, 7) is 1.04. The molecule has 8 amide bonds. The van der Waals surface area contributed by atoms with Crippen LogP contribution < -0.4 is 67.6 Å². The Morgan fingerprint density at radius 1 is 0.289 bits per heavy atom. The lowest BCUT2D eigenvalue weighted by molar-refractivity contribution is -0.121. The molecule has 4 atom stereocenters. The van der Waals surface area contributed by atoms with E-state index in [1.807, 2.05) is 121 Å². The Balaban J connectivity index is 0.975. The smallest absolute Gasteiger partial charge is 0.407 e. The molecule has 0 aliphatic heterocycles. The van der Waals surface area contributed by atoms with Crippen LogP contribution in [0.15, 0.2) is 194 Å². The number of ether oxygens (including phenoxy) is 8. The third-order valence-corrected chi connectivity index (χ3v) is 19.7. The summed E-state index contributed by atoms with van der Waals surface area (Å²) in [7, 11) is 5.43. The number of methoxy groups -OCH3 is 4.